The molecule has 0 amide bonds. The third-order valence-electron chi connectivity index (χ3n) is 1.33. The predicted molar refractivity (Wildman–Crippen MR) is 57.1 cm³/mol. The van der Waals surface area contributed by atoms with Gasteiger partial charge in [-0.3, -0.25) is 0 Å². The zero-order valence-corrected chi connectivity index (χ0v) is 9.86. The van der Waals surface area contributed by atoms with Crippen molar-refractivity contribution in [3.05, 3.63) is 18.0 Å². The van der Waals surface area contributed by atoms with Crippen molar-refractivity contribution in [1.82, 2.24) is 9.97 Å². The highest BCUT2D eigenvalue weighted by molar-refractivity contribution is 8.14. The quantitative estimate of drug-likeness (QED) is 0.461. The summed E-state index contributed by atoms with van der Waals surface area (Å²) in [4.78, 5) is 8.08. The van der Waals surface area contributed by atoms with Crippen LogP contribution in [0.2, 0.25) is 0 Å². The normalized spacial score (nSPS) is 11.6. The summed E-state index contributed by atoms with van der Waals surface area (Å²) in [5.41, 5.74) is 0.858. The number of halogens is 1. The number of hydrogen-bond acceptors (Lipinski definition) is 5. The van der Waals surface area contributed by atoms with E-state index in [2.05, 4.69) is 9.97 Å². The third-order valence-corrected chi connectivity index (χ3v) is 3.61. The van der Waals surface area contributed by atoms with E-state index in [1.807, 2.05) is 6.92 Å². The molecule has 78 valence electrons. The van der Waals surface area contributed by atoms with Gasteiger partial charge in [0, 0.05) is 28.3 Å². The molecule has 0 unspecified atom stereocenters. The van der Waals surface area contributed by atoms with E-state index in [1.165, 1.54) is 11.8 Å². The van der Waals surface area contributed by atoms with Gasteiger partial charge in [0.2, 0.25) is 9.05 Å². The van der Waals surface area contributed by atoms with Gasteiger partial charge in [0.1, 0.15) is 0 Å². The molecule has 7 heteroatoms. The molecule has 0 N–H and O–H groups in total. The highest BCUT2D eigenvalue weighted by Crippen LogP contribution is 2.13. The van der Waals surface area contributed by atoms with Gasteiger partial charge in [-0.25, -0.2) is 18.4 Å². The Morgan fingerprint density at radius 3 is 2.86 bits per heavy atom. The molecule has 14 heavy (non-hydrogen) atoms. The topological polar surface area (TPSA) is 59.9 Å². The lowest BCUT2D eigenvalue weighted by Crippen LogP contribution is -2.00. The lowest BCUT2D eigenvalue weighted by atomic mass is 10.5. The van der Waals surface area contributed by atoms with Crippen molar-refractivity contribution < 1.29 is 8.42 Å². The number of hydrogen-bond donors (Lipinski definition) is 0. The Morgan fingerprint density at radius 2 is 2.29 bits per heavy atom. The number of aromatic nitrogens is 2. The molecule has 0 aliphatic heterocycles. The van der Waals surface area contributed by atoms with Crippen LogP contribution in [0.15, 0.2) is 17.4 Å². The molecule has 0 aliphatic rings. The molecular formula is C7H9ClN2O2S2. The van der Waals surface area contributed by atoms with Crippen LogP contribution >= 0.6 is 22.4 Å². The minimum atomic E-state index is -3.41. The molecule has 0 aromatic carbocycles. The summed E-state index contributed by atoms with van der Waals surface area (Å²) >= 11 is 1.28. The SMILES string of the molecule is Cc1ccnc(SCCS(=O)(=O)Cl)n1. The average molecular weight is 253 g/mol. The van der Waals surface area contributed by atoms with Gasteiger partial charge in [0.05, 0.1) is 5.75 Å². The first-order chi connectivity index (χ1) is 6.47. The Labute approximate surface area is 91.5 Å². The summed E-state index contributed by atoms with van der Waals surface area (Å²) in [7, 11) is 1.64. The first kappa shape index (κ1) is 11.7. The lowest BCUT2D eigenvalue weighted by molar-refractivity contribution is 0.611. The van der Waals surface area contributed by atoms with Gasteiger partial charge < -0.3 is 0 Å². The van der Waals surface area contributed by atoms with Gasteiger partial charge in [-0.2, -0.15) is 0 Å². The Morgan fingerprint density at radius 1 is 1.57 bits per heavy atom. The number of thioether (sulfide) groups is 1. The van der Waals surface area contributed by atoms with Crippen molar-refractivity contribution in [3.8, 4) is 0 Å². The maximum atomic E-state index is 10.6. The standard InChI is InChI=1S/C7H9ClN2O2S2/c1-6-2-3-9-7(10-6)13-4-5-14(8,11)12/h2-3H,4-5H2,1H3. The van der Waals surface area contributed by atoms with Crippen molar-refractivity contribution in [1.29, 1.82) is 0 Å². The molecule has 4 nitrogen and oxygen atoms in total. The first-order valence-electron chi connectivity index (χ1n) is 3.82. The summed E-state index contributed by atoms with van der Waals surface area (Å²) in [5.74, 6) is 0.297. The molecule has 0 aliphatic carbocycles. The molecule has 0 fully saturated rings. The molecule has 0 spiro atoms. The van der Waals surface area contributed by atoms with E-state index in [0.29, 0.717) is 10.9 Å². The summed E-state index contributed by atoms with van der Waals surface area (Å²) < 4.78 is 21.2. The minimum absolute atomic E-state index is 0.0729. The van der Waals surface area contributed by atoms with Crippen molar-refractivity contribution in [2.24, 2.45) is 0 Å². The van der Waals surface area contributed by atoms with Gasteiger partial charge in [0.15, 0.2) is 5.16 Å². The van der Waals surface area contributed by atoms with E-state index in [0.717, 1.165) is 5.69 Å². The van der Waals surface area contributed by atoms with Gasteiger partial charge >= 0.3 is 0 Å². The molecule has 0 atom stereocenters. The van der Waals surface area contributed by atoms with Gasteiger partial charge in [-0.15, -0.1) is 0 Å². The zero-order valence-electron chi connectivity index (χ0n) is 7.47. The maximum Gasteiger partial charge on any atom is 0.233 e. The molecule has 1 heterocycles. The van der Waals surface area contributed by atoms with E-state index >= 15 is 0 Å². The van der Waals surface area contributed by atoms with Crippen LogP contribution in [0.25, 0.3) is 0 Å². The van der Waals surface area contributed by atoms with E-state index in [9.17, 15) is 8.42 Å². The minimum Gasteiger partial charge on any atom is -0.231 e. The smallest absolute Gasteiger partial charge is 0.231 e. The number of nitrogens with zero attached hydrogens (tertiary/aromatic N) is 2. The molecule has 0 radical (unpaired) electrons. The fourth-order valence-electron chi connectivity index (χ4n) is 0.728. The first-order valence-corrected chi connectivity index (χ1v) is 7.28. The van der Waals surface area contributed by atoms with Crippen LogP contribution in [0.5, 0.6) is 0 Å². The Kier molecular flexibility index (Phi) is 4.15. The van der Waals surface area contributed by atoms with E-state index < -0.39 is 9.05 Å². The lowest BCUT2D eigenvalue weighted by Gasteiger charge is -1.98. The van der Waals surface area contributed by atoms with Crippen LogP contribution in [0.3, 0.4) is 0 Å². The van der Waals surface area contributed by atoms with Crippen LogP contribution in [0.4, 0.5) is 0 Å². The highest BCUT2D eigenvalue weighted by atomic mass is 35.7. The Hall–Kier alpha value is -0.330. The van der Waals surface area contributed by atoms with Gasteiger partial charge in [-0.05, 0) is 13.0 Å². The second kappa shape index (κ2) is 4.95. The third kappa shape index (κ3) is 4.78. The van der Waals surface area contributed by atoms with Gasteiger partial charge in [0.25, 0.3) is 0 Å². The van der Waals surface area contributed by atoms with Crippen LogP contribution < -0.4 is 0 Å². The molecule has 1 rings (SSSR count). The van der Waals surface area contributed by atoms with Crippen molar-refractivity contribution in [3.63, 3.8) is 0 Å². The maximum absolute atomic E-state index is 10.6. The van der Waals surface area contributed by atoms with Crippen molar-refractivity contribution in [2.75, 3.05) is 11.5 Å². The Bertz CT molecular complexity index is 408. The average Bonchev–Trinajstić information content (AvgIpc) is 2.01. The second-order valence-corrected chi connectivity index (χ2v) is 6.53. The predicted octanol–water partition coefficient (Wildman–Crippen LogP) is 1.45. The Balaban J connectivity index is 2.47. The van der Waals surface area contributed by atoms with Crippen LogP contribution in [0, 0.1) is 6.92 Å². The summed E-state index contributed by atoms with van der Waals surface area (Å²) in [6, 6.07) is 1.78. The van der Waals surface area contributed by atoms with E-state index in [-0.39, 0.29) is 5.75 Å². The molecule has 1 aromatic rings. The summed E-state index contributed by atoms with van der Waals surface area (Å²) in [6.45, 7) is 1.85. The van der Waals surface area contributed by atoms with E-state index in [4.69, 9.17) is 10.7 Å². The fraction of sp³-hybridized carbons (Fsp3) is 0.429. The van der Waals surface area contributed by atoms with Crippen molar-refractivity contribution >= 4 is 31.5 Å². The second-order valence-electron chi connectivity index (χ2n) is 2.57. The van der Waals surface area contributed by atoms with Crippen LogP contribution in [-0.4, -0.2) is 29.9 Å². The monoisotopic (exact) mass is 252 g/mol. The zero-order chi connectivity index (χ0) is 10.6. The number of aryl methyl sites for hydroxylation is 1. The highest BCUT2D eigenvalue weighted by Gasteiger charge is 2.06. The van der Waals surface area contributed by atoms with Crippen LogP contribution in [0.1, 0.15) is 5.69 Å². The largest absolute Gasteiger partial charge is 0.233 e. The fourth-order valence-corrected chi connectivity index (χ4v) is 2.95. The molecule has 1 aromatic heterocycles. The van der Waals surface area contributed by atoms with Gasteiger partial charge in [-0.1, -0.05) is 11.8 Å². The van der Waals surface area contributed by atoms with Crippen molar-refractivity contribution in [2.45, 2.75) is 12.1 Å². The van der Waals surface area contributed by atoms with Crippen LogP contribution in [-0.2, 0) is 9.05 Å². The molecule has 0 bridgehead atoms. The molecule has 0 saturated heterocycles. The summed E-state index contributed by atoms with van der Waals surface area (Å²) in [5, 5.41) is 0.574. The number of rotatable bonds is 4. The summed E-state index contributed by atoms with van der Waals surface area (Å²) in [6.07, 6.45) is 1.64. The molecule has 0 saturated carbocycles. The molecular weight excluding hydrogens is 244 g/mol. The van der Waals surface area contributed by atoms with E-state index in [1.54, 1.807) is 12.3 Å².